The van der Waals surface area contributed by atoms with Crippen LogP contribution in [0, 0.1) is 11.8 Å². The van der Waals surface area contributed by atoms with Gasteiger partial charge in [0.1, 0.15) is 0 Å². The first-order valence-electron chi connectivity index (χ1n) is 5.78. The zero-order valence-corrected chi connectivity index (χ0v) is 11.6. The van der Waals surface area contributed by atoms with Crippen LogP contribution in [0.15, 0.2) is 28.7 Å². The standard InChI is InChI=1S/C13H14BrNO3/c1-8-5-11(8)13(17)18-7-12(16)15-10-4-2-3-9(14)6-10/h2-4,6,8,11H,5,7H2,1H3,(H,15,16)/t8-,11-/m0/s1. The monoisotopic (exact) mass is 311 g/mol. The van der Waals surface area contributed by atoms with Gasteiger partial charge in [0.2, 0.25) is 0 Å². The van der Waals surface area contributed by atoms with Crippen LogP contribution in [0.4, 0.5) is 5.69 Å². The molecule has 1 aliphatic rings. The number of halogens is 1. The Labute approximate surface area is 114 Å². The lowest BCUT2D eigenvalue weighted by Gasteiger charge is -2.06. The van der Waals surface area contributed by atoms with Crippen LogP contribution in [0.5, 0.6) is 0 Å². The van der Waals surface area contributed by atoms with E-state index in [0.717, 1.165) is 10.9 Å². The van der Waals surface area contributed by atoms with Gasteiger partial charge in [-0.15, -0.1) is 0 Å². The fourth-order valence-corrected chi connectivity index (χ4v) is 2.06. The third kappa shape index (κ3) is 3.57. The summed E-state index contributed by atoms with van der Waals surface area (Å²) in [4.78, 5) is 23.0. The minimum Gasteiger partial charge on any atom is -0.455 e. The van der Waals surface area contributed by atoms with Gasteiger partial charge in [-0.25, -0.2) is 0 Å². The first-order valence-corrected chi connectivity index (χ1v) is 6.57. The molecule has 1 aliphatic carbocycles. The molecule has 0 saturated heterocycles. The molecule has 1 amide bonds. The molecule has 0 bridgehead atoms. The largest absolute Gasteiger partial charge is 0.455 e. The van der Waals surface area contributed by atoms with Crippen LogP contribution in [-0.2, 0) is 14.3 Å². The zero-order chi connectivity index (χ0) is 13.1. The maximum atomic E-state index is 11.5. The number of ether oxygens (including phenoxy) is 1. The number of hydrogen-bond acceptors (Lipinski definition) is 3. The highest BCUT2D eigenvalue weighted by Crippen LogP contribution is 2.38. The Morgan fingerprint density at radius 1 is 1.50 bits per heavy atom. The molecule has 0 spiro atoms. The number of carbonyl (C=O) groups excluding carboxylic acids is 2. The van der Waals surface area contributed by atoms with Crippen molar-refractivity contribution in [3.8, 4) is 0 Å². The van der Waals surface area contributed by atoms with Crippen molar-refractivity contribution in [2.45, 2.75) is 13.3 Å². The lowest BCUT2D eigenvalue weighted by molar-refractivity contribution is -0.148. The molecule has 1 aromatic rings. The van der Waals surface area contributed by atoms with Crippen molar-refractivity contribution in [1.82, 2.24) is 0 Å². The smallest absolute Gasteiger partial charge is 0.309 e. The summed E-state index contributed by atoms with van der Waals surface area (Å²) in [5.74, 6) is -0.212. The zero-order valence-electron chi connectivity index (χ0n) is 9.98. The molecular weight excluding hydrogens is 298 g/mol. The Morgan fingerprint density at radius 3 is 2.83 bits per heavy atom. The summed E-state index contributed by atoms with van der Waals surface area (Å²) >= 11 is 3.31. The Hall–Kier alpha value is -1.36. The summed E-state index contributed by atoms with van der Waals surface area (Å²) in [6.45, 7) is 1.77. The minimum atomic E-state index is -0.324. The van der Waals surface area contributed by atoms with E-state index in [1.165, 1.54) is 0 Å². The number of rotatable bonds is 4. The second-order valence-corrected chi connectivity index (χ2v) is 5.40. The van der Waals surface area contributed by atoms with E-state index >= 15 is 0 Å². The van der Waals surface area contributed by atoms with E-state index in [-0.39, 0.29) is 24.4 Å². The van der Waals surface area contributed by atoms with Crippen LogP contribution in [0.3, 0.4) is 0 Å². The van der Waals surface area contributed by atoms with Gasteiger partial charge in [0, 0.05) is 10.2 Å². The van der Waals surface area contributed by atoms with Gasteiger partial charge in [0.25, 0.3) is 5.91 Å². The van der Waals surface area contributed by atoms with Crippen LogP contribution in [0.1, 0.15) is 13.3 Å². The molecule has 2 atom stereocenters. The summed E-state index contributed by atoms with van der Waals surface area (Å²) in [5.41, 5.74) is 0.671. The summed E-state index contributed by atoms with van der Waals surface area (Å²) in [5, 5.41) is 2.66. The van der Waals surface area contributed by atoms with Crippen LogP contribution in [0.2, 0.25) is 0 Å². The molecule has 0 radical (unpaired) electrons. The molecular formula is C13H14BrNO3. The number of hydrogen-bond donors (Lipinski definition) is 1. The fourth-order valence-electron chi connectivity index (χ4n) is 1.66. The second kappa shape index (κ2) is 5.52. The van der Waals surface area contributed by atoms with Gasteiger partial charge < -0.3 is 10.1 Å². The first kappa shape index (κ1) is 13.1. The first-order chi connectivity index (χ1) is 8.56. The van der Waals surface area contributed by atoms with E-state index in [1.807, 2.05) is 19.1 Å². The third-order valence-corrected chi connectivity index (χ3v) is 3.36. The highest BCUT2D eigenvalue weighted by Gasteiger charge is 2.40. The number of carbonyl (C=O) groups is 2. The number of anilines is 1. The Bertz CT molecular complexity index is 475. The van der Waals surface area contributed by atoms with E-state index in [4.69, 9.17) is 4.74 Å². The number of amides is 1. The molecule has 0 unspecified atom stereocenters. The van der Waals surface area contributed by atoms with Crippen molar-refractivity contribution in [3.05, 3.63) is 28.7 Å². The van der Waals surface area contributed by atoms with Crippen molar-refractivity contribution in [2.75, 3.05) is 11.9 Å². The molecule has 0 aliphatic heterocycles. The van der Waals surface area contributed by atoms with E-state index in [2.05, 4.69) is 21.2 Å². The van der Waals surface area contributed by atoms with Gasteiger partial charge in [-0.05, 0) is 30.5 Å². The molecule has 4 nitrogen and oxygen atoms in total. The van der Waals surface area contributed by atoms with Gasteiger partial charge in [0.15, 0.2) is 6.61 Å². The normalized spacial score (nSPS) is 21.2. The molecule has 1 fully saturated rings. The molecule has 0 heterocycles. The summed E-state index contributed by atoms with van der Waals surface area (Å²) < 4.78 is 5.82. The van der Waals surface area contributed by atoms with Gasteiger partial charge in [-0.2, -0.15) is 0 Å². The molecule has 96 valence electrons. The molecule has 1 N–H and O–H groups in total. The van der Waals surface area contributed by atoms with E-state index in [0.29, 0.717) is 11.6 Å². The molecule has 2 rings (SSSR count). The van der Waals surface area contributed by atoms with Crippen molar-refractivity contribution < 1.29 is 14.3 Å². The van der Waals surface area contributed by atoms with Gasteiger partial charge >= 0.3 is 5.97 Å². The van der Waals surface area contributed by atoms with Crippen molar-refractivity contribution in [3.63, 3.8) is 0 Å². The van der Waals surface area contributed by atoms with Crippen LogP contribution >= 0.6 is 15.9 Å². The van der Waals surface area contributed by atoms with E-state index < -0.39 is 0 Å². The summed E-state index contributed by atoms with van der Waals surface area (Å²) in [6.07, 6.45) is 0.867. The average Bonchev–Trinajstić information content (AvgIpc) is 3.03. The topological polar surface area (TPSA) is 55.4 Å². The summed E-state index contributed by atoms with van der Waals surface area (Å²) in [7, 11) is 0. The minimum absolute atomic E-state index is 0.0105. The van der Waals surface area contributed by atoms with E-state index in [9.17, 15) is 9.59 Å². The van der Waals surface area contributed by atoms with Crippen LogP contribution < -0.4 is 5.32 Å². The maximum absolute atomic E-state index is 11.5. The van der Waals surface area contributed by atoms with Crippen LogP contribution in [0.25, 0.3) is 0 Å². The quantitative estimate of drug-likeness (QED) is 0.870. The van der Waals surface area contributed by atoms with Crippen molar-refractivity contribution in [1.29, 1.82) is 0 Å². The lowest BCUT2D eigenvalue weighted by atomic mass is 10.3. The Kier molecular flexibility index (Phi) is 4.01. The molecule has 5 heteroatoms. The van der Waals surface area contributed by atoms with Gasteiger partial charge in [-0.3, -0.25) is 9.59 Å². The summed E-state index contributed by atoms with van der Waals surface area (Å²) in [6, 6.07) is 7.23. The van der Waals surface area contributed by atoms with Crippen LogP contribution in [-0.4, -0.2) is 18.5 Å². The highest BCUT2D eigenvalue weighted by atomic mass is 79.9. The average molecular weight is 312 g/mol. The van der Waals surface area contributed by atoms with Gasteiger partial charge in [-0.1, -0.05) is 28.9 Å². The molecule has 18 heavy (non-hydrogen) atoms. The SMILES string of the molecule is C[C@H]1C[C@@H]1C(=O)OCC(=O)Nc1cccc(Br)c1. The van der Waals surface area contributed by atoms with E-state index in [1.54, 1.807) is 12.1 Å². The Balaban J connectivity index is 1.77. The fraction of sp³-hybridized carbons (Fsp3) is 0.385. The third-order valence-electron chi connectivity index (χ3n) is 2.87. The second-order valence-electron chi connectivity index (χ2n) is 4.49. The predicted molar refractivity (Wildman–Crippen MR) is 71.0 cm³/mol. The Morgan fingerprint density at radius 2 is 2.22 bits per heavy atom. The number of nitrogens with one attached hydrogen (secondary N) is 1. The number of esters is 1. The van der Waals surface area contributed by atoms with Crippen molar-refractivity contribution in [2.24, 2.45) is 11.8 Å². The molecule has 1 saturated carbocycles. The predicted octanol–water partition coefficient (Wildman–Crippen LogP) is 2.59. The van der Waals surface area contributed by atoms with Gasteiger partial charge in [0.05, 0.1) is 5.92 Å². The molecule has 0 aromatic heterocycles. The number of benzene rings is 1. The maximum Gasteiger partial charge on any atom is 0.309 e. The highest BCUT2D eigenvalue weighted by molar-refractivity contribution is 9.10. The van der Waals surface area contributed by atoms with Crippen molar-refractivity contribution >= 4 is 33.5 Å². The molecule has 1 aromatic carbocycles. The lowest BCUT2D eigenvalue weighted by Crippen LogP contribution is -2.21.